The summed E-state index contributed by atoms with van der Waals surface area (Å²) in [5.74, 6) is -1.61. The van der Waals surface area contributed by atoms with Crippen LogP contribution in [-0.4, -0.2) is 49.5 Å². The number of carbonyl (C=O) groups is 2. The fourth-order valence-corrected chi connectivity index (χ4v) is 3.71. The Kier molecular flexibility index (Phi) is 7.35. The number of likely N-dealkylation sites (tertiary alicyclic amines) is 1. The van der Waals surface area contributed by atoms with E-state index in [9.17, 15) is 22.8 Å². The first-order valence-electron chi connectivity index (χ1n) is 10.6. The maximum atomic E-state index is 12.9. The van der Waals surface area contributed by atoms with Crippen molar-refractivity contribution in [3.63, 3.8) is 0 Å². The number of aromatic nitrogens is 3. The first-order valence-corrected chi connectivity index (χ1v) is 11.0. The number of halogens is 4. The lowest BCUT2D eigenvalue weighted by Gasteiger charge is -2.30. The van der Waals surface area contributed by atoms with Crippen molar-refractivity contribution in [1.29, 1.82) is 0 Å². The molecule has 0 aliphatic carbocycles. The van der Waals surface area contributed by atoms with Crippen LogP contribution in [-0.2, 0) is 22.3 Å². The Morgan fingerprint density at radius 2 is 1.79 bits per heavy atom. The topological polar surface area (TPSA) is 97.3 Å². The van der Waals surface area contributed by atoms with Crippen molar-refractivity contribution < 1.29 is 27.5 Å². The first kappa shape index (κ1) is 25.7. The van der Waals surface area contributed by atoms with E-state index in [0.717, 1.165) is 12.4 Å². The summed E-state index contributed by atoms with van der Waals surface area (Å²) in [5, 5.41) is 3.04. The van der Waals surface area contributed by atoms with Crippen LogP contribution in [0, 0.1) is 0 Å². The van der Waals surface area contributed by atoms with Gasteiger partial charge in [-0.15, -0.1) is 0 Å². The molecule has 3 rings (SSSR count). The van der Waals surface area contributed by atoms with Crippen LogP contribution in [0.5, 0.6) is 0 Å². The number of carbonyl (C=O) groups excluding carboxylic acids is 2. The van der Waals surface area contributed by atoms with Gasteiger partial charge in [0.15, 0.2) is 0 Å². The second kappa shape index (κ2) is 9.73. The third-order valence-corrected chi connectivity index (χ3v) is 5.50. The molecule has 2 unspecified atom stereocenters. The van der Waals surface area contributed by atoms with Crippen LogP contribution in [0.4, 0.5) is 18.0 Å². The van der Waals surface area contributed by atoms with Crippen LogP contribution in [0.15, 0.2) is 24.7 Å². The number of ether oxygens (including phenoxy) is 1. The molecule has 0 spiro atoms. The van der Waals surface area contributed by atoms with Gasteiger partial charge in [-0.2, -0.15) is 13.2 Å². The van der Waals surface area contributed by atoms with Gasteiger partial charge in [-0.1, -0.05) is 11.6 Å². The summed E-state index contributed by atoms with van der Waals surface area (Å²) in [5.41, 5.74) is 0.364. The van der Waals surface area contributed by atoms with E-state index in [4.69, 9.17) is 16.3 Å². The van der Waals surface area contributed by atoms with Crippen LogP contribution < -0.4 is 5.32 Å². The smallest absolute Gasteiger partial charge is 0.444 e. The Balaban J connectivity index is 1.71. The fourth-order valence-electron chi connectivity index (χ4n) is 3.54. The highest BCUT2D eigenvalue weighted by Gasteiger charge is 2.41. The van der Waals surface area contributed by atoms with E-state index < -0.39 is 29.7 Å². The van der Waals surface area contributed by atoms with Gasteiger partial charge in [-0.3, -0.25) is 14.7 Å². The van der Waals surface area contributed by atoms with Crippen molar-refractivity contribution in [2.24, 2.45) is 0 Å². The monoisotopic (exact) mass is 499 g/mol. The van der Waals surface area contributed by atoms with Crippen LogP contribution in [0.3, 0.4) is 0 Å². The minimum Gasteiger partial charge on any atom is -0.444 e. The van der Waals surface area contributed by atoms with Gasteiger partial charge in [0.05, 0.1) is 10.7 Å². The molecule has 2 atom stereocenters. The predicted octanol–water partition coefficient (Wildman–Crippen LogP) is 4.62. The zero-order valence-corrected chi connectivity index (χ0v) is 19.9. The van der Waals surface area contributed by atoms with Gasteiger partial charge in [0.25, 0.3) is 0 Å². The number of amides is 2. The molecule has 184 valence electrons. The summed E-state index contributed by atoms with van der Waals surface area (Å²) in [6.07, 6.45) is -0.674. The molecule has 0 radical (unpaired) electrons. The summed E-state index contributed by atoms with van der Waals surface area (Å²) in [6.45, 7) is 7.15. The molecule has 0 aromatic carbocycles. The lowest BCUT2D eigenvalue weighted by atomic mass is 10.1. The number of nitrogens with one attached hydrogen (secondary N) is 1. The Bertz CT molecular complexity index is 1060. The quantitative estimate of drug-likeness (QED) is 0.659. The number of nitrogens with zero attached hydrogens (tertiary/aromatic N) is 4. The Hall–Kier alpha value is -2.95. The Morgan fingerprint density at radius 3 is 2.38 bits per heavy atom. The normalized spacial score (nSPS) is 18.6. The molecule has 12 heteroatoms. The molecule has 0 saturated carbocycles. The van der Waals surface area contributed by atoms with E-state index in [2.05, 4.69) is 20.3 Å². The van der Waals surface area contributed by atoms with E-state index in [1.807, 2.05) is 6.92 Å². The largest absolute Gasteiger partial charge is 0.451 e. The summed E-state index contributed by atoms with van der Waals surface area (Å²) in [4.78, 5) is 37.7. The van der Waals surface area contributed by atoms with Gasteiger partial charge in [-0.25, -0.2) is 14.8 Å². The van der Waals surface area contributed by atoms with Crippen LogP contribution in [0.2, 0.25) is 5.02 Å². The first-order chi connectivity index (χ1) is 15.8. The molecule has 2 aromatic heterocycles. The molecule has 1 aliphatic heterocycles. The average molecular weight is 500 g/mol. The van der Waals surface area contributed by atoms with Crippen molar-refractivity contribution in [2.75, 3.05) is 0 Å². The SMILES string of the molecule is CC1CCC(C(=O)NCc2cc(-c3cnc(C(F)(F)F)nc3)ncc2Cl)N1C(=O)OC(C)(C)C. The molecule has 1 aliphatic rings. The summed E-state index contributed by atoms with van der Waals surface area (Å²) in [7, 11) is 0. The minimum absolute atomic E-state index is 0.0295. The van der Waals surface area contributed by atoms with Crippen molar-refractivity contribution in [1.82, 2.24) is 25.2 Å². The lowest BCUT2D eigenvalue weighted by Crippen LogP contribution is -2.49. The molecule has 34 heavy (non-hydrogen) atoms. The van der Waals surface area contributed by atoms with Gasteiger partial charge >= 0.3 is 12.3 Å². The second-order valence-corrected chi connectivity index (χ2v) is 9.41. The molecule has 2 amide bonds. The maximum Gasteiger partial charge on any atom is 0.451 e. The maximum absolute atomic E-state index is 12.9. The molecule has 3 heterocycles. The summed E-state index contributed by atoms with van der Waals surface area (Å²) < 4.78 is 43.5. The zero-order chi connectivity index (χ0) is 25.3. The lowest BCUT2D eigenvalue weighted by molar-refractivity contribution is -0.145. The van der Waals surface area contributed by atoms with Crippen molar-refractivity contribution >= 4 is 23.6 Å². The standard InChI is InChI=1S/C22H25ClF3N5O3/c1-12-5-6-17(31(12)20(33)34-21(2,3)4)18(32)28-8-13-7-16(27-11-15(13)23)14-9-29-19(30-10-14)22(24,25)26/h7,9-12,17H,5-6,8H2,1-4H3,(H,28,32). The third-order valence-electron chi connectivity index (χ3n) is 5.16. The number of hydrogen-bond acceptors (Lipinski definition) is 6. The Labute approximate surface area is 199 Å². The van der Waals surface area contributed by atoms with E-state index in [0.29, 0.717) is 24.1 Å². The van der Waals surface area contributed by atoms with E-state index in [1.54, 1.807) is 20.8 Å². The van der Waals surface area contributed by atoms with Gasteiger partial charge in [0.2, 0.25) is 11.7 Å². The molecule has 8 nitrogen and oxygen atoms in total. The van der Waals surface area contributed by atoms with Gasteiger partial charge in [0, 0.05) is 36.7 Å². The minimum atomic E-state index is -4.65. The second-order valence-electron chi connectivity index (χ2n) is 9.00. The molecule has 1 fully saturated rings. The van der Waals surface area contributed by atoms with Crippen LogP contribution in [0.1, 0.15) is 51.9 Å². The summed E-state index contributed by atoms with van der Waals surface area (Å²) >= 11 is 6.21. The highest BCUT2D eigenvalue weighted by atomic mass is 35.5. The van der Waals surface area contributed by atoms with Gasteiger partial charge in [-0.05, 0) is 52.2 Å². The fraction of sp³-hybridized carbons (Fsp3) is 0.500. The van der Waals surface area contributed by atoms with E-state index >= 15 is 0 Å². The van der Waals surface area contributed by atoms with E-state index in [1.165, 1.54) is 17.2 Å². The highest BCUT2D eigenvalue weighted by molar-refractivity contribution is 6.31. The average Bonchev–Trinajstić information content (AvgIpc) is 3.13. The molecular formula is C22H25ClF3N5O3. The van der Waals surface area contributed by atoms with Gasteiger partial charge < -0.3 is 10.1 Å². The van der Waals surface area contributed by atoms with E-state index in [-0.39, 0.29) is 29.1 Å². The molecule has 0 bridgehead atoms. The number of rotatable bonds is 4. The predicted molar refractivity (Wildman–Crippen MR) is 118 cm³/mol. The molecule has 2 aromatic rings. The zero-order valence-electron chi connectivity index (χ0n) is 19.1. The van der Waals surface area contributed by atoms with Crippen molar-refractivity contribution in [2.45, 2.75) is 70.9 Å². The number of alkyl halides is 3. The van der Waals surface area contributed by atoms with Gasteiger partial charge in [0.1, 0.15) is 11.6 Å². The van der Waals surface area contributed by atoms with Crippen LogP contribution >= 0.6 is 11.6 Å². The molecule has 1 N–H and O–H groups in total. The molecule has 1 saturated heterocycles. The summed E-state index contributed by atoms with van der Waals surface area (Å²) in [6, 6.07) is 0.701. The molecular weight excluding hydrogens is 475 g/mol. The van der Waals surface area contributed by atoms with Crippen LogP contribution in [0.25, 0.3) is 11.3 Å². The Morgan fingerprint density at radius 1 is 1.15 bits per heavy atom. The highest BCUT2D eigenvalue weighted by Crippen LogP contribution is 2.29. The van der Waals surface area contributed by atoms with Crippen molar-refractivity contribution in [3.05, 3.63) is 41.1 Å². The number of pyridine rings is 1. The number of hydrogen-bond donors (Lipinski definition) is 1. The van der Waals surface area contributed by atoms with Crippen molar-refractivity contribution in [3.8, 4) is 11.3 Å². The third kappa shape index (κ3) is 6.13.